The van der Waals surface area contributed by atoms with Gasteiger partial charge in [-0.3, -0.25) is 15.5 Å². The summed E-state index contributed by atoms with van der Waals surface area (Å²) in [6.45, 7) is 0. The Morgan fingerprint density at radius 2 is 2.14 bits per heavy atom. The average molecular weight is 379 g/mol. The van der Waals surface area contributed by atoms with Gasteiger partial charge < -0.3 is 14.3 Å². The zero-order valence-electron chi connectivity index (χ0n) is 14.5. The standard InChI is InChI=1S/C18H13N5O5/c1-27-14-7-10(6-12(16(14)24)23(25)26)8-21-22-18-17-15(19-9-20-18)11-4-2-3-5-13(11)28-17/h2-9,24H,1H3,(H,19,20,22)/b21-8+. The predicted octanol–water partition coefficient (Wildman–Crippen LogP) is 3.44. The Bertz CT molecular complexity index is 1230. The highest BCUT2D eigenvalue weighted by molar-refractivity contribution is 6.05. The lowest BCUT2D eigenvalue weighted by molar-refractivity contribution is -0.386. The molecule has 0 fully saturated rings. The van der Waals surface area contributed by atoms with Crippen LogP contribution >= 0.6 is 0 Å². The van der Waals surface area contributed by atoms with Crippen molar-refractivity contribution in [3.8, 4) is 11.5 Å². The van der Waals surface area contributed by atoms with Crippen molar-refractivity contribution in [2.24, 2.45) is 5.10 Å². The number of furan rings is 1. The Kier molecular flexibility index (Phi) is 4.20. The first-order chi connectivity index (χ1) is 13.6. The highest BCUT2D eigenvalue weighted by Gasteiger charge is 2.19. The van der Waals surface area contributed by atoms with Crippen LogP contribution in [0.4, 0.5) is 11.5 Å². The van der Waals surface area contributed by atoms with E-state index in [1.54, 1.807) is 0 Å². The van der Waals surface area contributed by atoms with Gasteiger partial charge in [0, 0.05) is 17.0 Å². The highest BCUT2D eigenvalue weighted by atomic mass is 16.6. The molecule has 4 aromatic rings. The van der Waals surface area contributed by atoms with Crippen LogP contribution in [0.1, 0.15) is 5.56 Å². The summed E-state index contributed by atoms with van der Waals surface area (Å²) in [7, 11) is 1.30. The molecule has 0 spiro atoms. The third-order valence-electron chi connectivity index (χ3n) is 4.04. The van der Waals surface area contributed by atoms with Crippen molar-refractivity contribution < 1.29 is 19.2 Å². The van der Waals surface area contributed by atoms with Crippen molar-refractivity contribution in [2.45, 2.75) is 0 Å². The number of aromatic nitrogens is 2. The lowest BCUT2D eigenvalue weighted by Gasteiger charge is -2.05. The first-order valence-corrected chi connectivity index (χ1v) is 8.05. The minimum absolute atomic E-state index is 0.0302. The number of phenolic OH excluding ortho intramolecular Hbond substituents is 1. The van der Waals surface area contributed by atoms with Crippen LogP contribution in [-0.4, -0.2) is 33.3 Å². The maximum atomic E-state index is 11.1. The van der Waals surface area contributed by atoms with E-state index in [1.165, 1.54) is 31.8 Å². The molecule has 0 bridgehead atoms. The molecule has 0 unspecified atom stereocenters. The Balaban J connectivity index is 1.67. The summed E-state index contributed by atoms with van der Waals surface area (Å²) in [6, 6.07) is 10.1. The zero-order chi connectivity index (χ0) is 19.7. The van der Waals surface area contributed by atoms with E-state index < -0.39 is 16.4 Å². The largest absolute Gasteiger partial charge is 0.500 e. The van der Waals surface area contributed by atoms with Gasteiger partial charge in [-0.25, -0.2) is 9.97 Å². The average Bonchev–Trinajstić information content (AvgIpc) is 3.08. The molecule has 28 heavy (non-hydrogen) atoms. The lowest BCUT2D eigenvalue weighted by atomic mass is 10.2. The number of fused-ring (bicyclic) bond motifs is 3. The molecular formula is C18H13N5O5. The fraction of sp³-hybridized carbons (Fsp3) is 0.0556. The number of hydrazone groups is 1. The SMILES string of the molecule is COc1cc(/C=N/Nc2ncnc3c2oc2ccccc23)cc([N+](=O)[O-])c1O. The first kappa shape index (κ1) is 17.2. The number of nitro groups is 1. The van der Waals surface area contributed by atoms with Gasteiger partial charge in [0.05, 0.1) is 18.2 Å². The Morgan fingerprint density at radius 1 is 1.32 bits per heavy atom. The number of anilines is 1. The monoisotopic (exact) mass is 379 g/mol. The second-order valence-corrected chi connectivity index (χ2v) is 5.72. The van der Waals surface area contributed by atoms with Gasteiger partial charge in [-0.1, -0.05) is 12.1 Å². The third kappa shape index (κ3) is 2.92. The molecule has 0 radical (unpaired) electrons. The summed E-state index contributed by atoms with van der Waals surface area (Å²) in [5.41, 5.74) is 4.37. The summed E-state index contributed by atoms with van der Waals surface area (Å²) < 4.78 is 10.7. The summed E-state index contributed by atoms with van der Waals surface area (Å²) in [5.74, 6) is -0.229. The van der Waals surface area contributed by atoms with Gasteiger partial charge in [0.1, 0.15) is 17.4 Å². The van der Waals surface area contributed by atoms with Crippen molar-refractivity contribution in [3.63, 3.8) is 0 Å². The van der Waals surface area contributed by atoms with Gasteiger partial charge in [-0.05, 0) is 18.2 Å². The predicted molar refractivity (Wildman–Crippen MR) is 102 cm³/mol. The van der Waals surface area contributed by atoms with Crippen LogP contribution in [0.2, 0.25) is 0 Å². The molecule has 2 aromatic heterocycles. The number of hydrogen-bond acceptors (Lipinski definition) is 9. The van der Waals surface area contributed by atoms with Gasteiger partial charge in [0.15, 0.2) is 17.2 Å². The minimum atomic E-state index is -0.703. The maximum absolute atomic E-state index is 11.1. The van der Waals surface area contributed by atoms with Gasteiger partial charge in [-0.2, -0.15) is 5.10 Å². The Labute approximate surface area is 157 Å². The molecule has 0 amide bonds. The van der Waals surface area contributed by atoms with Gasteiger partial charge in [0.25, 0.3) is 0 Å². The van der Waals surface area contributed by atoms with Crippen LogP contribution < -0.4 is 10.2 Å². The topological polar surface area (TPSA) is 136 Å². The van der Waals surface area contributed by atoms with E-state index in [9.17, 15) is 15.2 Å². The van der Waals surface area contributed by atoms with Crippen molar-refractivity contribution in [1.29, 1.82) is 0 Å². The fourth-order valence-corrected chi connectivity index (χ4v) is 2.75. The number of nitro benzene ring substituents is 1. The van der Waals surface area contributed by atoms with Crippen molar-refractivity contribution >= 4 is 39.8 Å². The van der Waals surface area contributed by atoms with Crippen molar-refractivity contribution in [3.05, 3.63) is 58.4 Å². The Morgan fingerprint density at radius 3 is 2.93 bits per heavy atom. The number of nitrogens with zero attached hydrogens (tertiary/aromatic N) is 4. The molecule has 2 heterocycles. The maximum Gasteiger partial charge on any atom is 0.315 e. The number of aromatic hydroxyl groups is 1. The highest BCUT2D eigenvalue weighted by Crippen LogP contribution is 2.36. The summed E-state index contributed by atoms with van der Waals surface area (Å²) in [5, 5.41) is 25.8. The fourth-order valence-electron chi connectivity index (χ4n) is 2.75. The van der Waals surface area contributed by atoms with Gasteiger partial charge in [-0.15, -0.1) is 0 Å². The molecule has 140 valence electrons. The normalized spacial score (nSPS) is 11.3. The molecule has 0 saturated carbocycles. The second-order valence-electron chi connectivity index (χ2n) is 5.72. The number of nitrogens with one attached hydrogen (secondary N) is 1. The van der Waals surface area contributed by atoms with Crippen molar-refractivity contribution in [2.75, 3.05) is 12.5 Å². The van der Waals surface area contributed by atoms with Gasteiger partial charge >= 0.3 is 5.69 Å². The van der Waals surface area contributed by atoms with Gasteiger partial charge in [0.2, 0.25) is 5.75 Å². The molecule has 0 atom stereocenters. The van der Waals surface area contributed by atoms with Crippen LogP contribution in [0.5, 0.6) is 11.5 Å². The number of benzene rings is 2. The van der Waals surface area contributed by atoms with E-state index in [4.69, 9.17) is 9.15 Å². The number of ether oxygens (including phenoxy) is 1. The number of para-hydroxylation sites is 1. The summed E-state index contributed by atoms with van der Waals surface area (Å²) in [4.78, 5) is 18.7. The van der Waals surface area contributed by atoms with E-state index in [0.29, 0.717) is 28.1 Å². The molecule has 2 N–H and O–H groups in total. The minimum Gasteiger partial charge on any atom is -0.500 e. The molecule has 0 aliphatic heterocycles. The van der Waals surface area contributed by atoms with Crippen LogP contribution in [0.25, 0.3) is 22.1 Å². The molecule has 10 heteroatoms. The first-order valence-electron chi connectivity index (χ1n) is 8.05. The number of rotatable bonds is 5. The molecule has 10 nitrogen and oxygen atoms in total. The second kappa shape index (κ2) is 6.83. The molecule has 0 aliphatic rings. The quantitative estimate of drug-likeness (QED) is 0.306. The third-order valence-corrected chi connectivity index (χ3v) is 4.04. The van der Waals surface area contributed by atoms with Crippen LogP contribution in [0.3, 0.4) is 0 Å². The number of phenols is 1. The van der Waals surface area contributed by atoms with Crippen LogP contribution in [-0.2, 0) is 0 Å². The zero-order valence-corrected chi connectivity index (χ0v) is 14.5. The number of methoxy groups -OCH3 is 1. The lowest BCUT2D eigenvalue weighted by Crippen LogP contribution is -1.97. The summed E-state index contributed by atoms with van der Waals surface area (Å²) >= 11 is 0. The van der Waals surface area contributed by atoms with Crippen LogP contribution in [0.15, 0.2) is 52.2 Å². The Hall–Kier alpha value is -4.21. The van der Waals surface area contributed by atoms with Crippen LogP contribution in [0, 0.1) is 10.1 Å². The molecule has 0 saturated heterocycles. The summed E-state index contributed by atoms with van der Waals surface area (Å²) in [6.07, 6.45) is 2.72. The smallest absolute Gasteiger partial charge is 0.315 e. The van der Waals surface area contributed by atoms with E-state index >= 15 is 0 Å². The van der Waals surface area contributed by atoms with E-state index in [1.807, 2.05) is 24.3 Å². The van der Waals surface area contributed by atoms with E-state index in [-0.39, 0.29) is 5.75 Å². The number of hydrogen-bond donors (Lipinski definition) is 2. The van der Waals surface area contributed by atoms with Crippen molar-refractivity contribution in [1.82, 2.24) is 9.97 Å². The molecule has 4 rings (SSSR count). The van der Waals surface area contributed by atoms with E-state index in [2.05, 4.69) is 20.5 Å². The molecule has 0 aliphatic carbocycles. The molecule has 2 aromatic carbocycles. The van der Waals surface area contributed by atoms with E-state index in [0.717, 1.165) is 5.39 Å². The molecular weight excluding hydrogens is 366 g/mol.